The van der Waals surface area contributed by atoms with E-state index in [0.717, 1.165) is 77.4 Å². The van der Waals surface area contributed by atoms with Crippen molar-refractivity contribution in [2.75, 3.05) is 52.5 Å². The summed E-state index contributed by atoms with van der Waals surface area (Å²) < 4.78 is 31.0. The molecule has 5 nitrogen and oxygen atoms in total. The van der Waals surface area contributed by atoms with Gasteiger partial charge < -0.3 is 9.64 Å². The maximum atomic E-state index is 14.0. The van der Waals surface area contributed by atoms with E-state index in [4.69, 9.17) is 9.48 Å². The van der Waals surface area contributed by atoms with Crippen LogP contribution < -0.4 is 0 Å². The normalized spacial score (nSPS) is 23.0. The molecule has 0 bridgehead atoms. The van der Waals surface area contributed by atoms with Gasteiger partial charge in [0, 0.05) is 50.3 Å². The molecule has 2 aromatic carbocycles. The topological polar surface area (TPSA) is 31.3 Å². The Bertz CT molecular complexity index is 1190. The smallest absolute Gasteiger partial charge is 0.130 e. The van der Waals surface area contributed by atoms with E-state index < -0.39 is 7.36 Å². The lowest BCUT2D eigenvalue weighted by molar-refractivity contribution is 0.0539. The molecule has 0 atom stereocenters. The zero-order valence-electron chi connectivity index (χ0n) is 22.4. The number of hydrogen-bond acceptors (Lipinski definition) is 3. The first-order chi connectivity index (χ1) is 18.7. The third-order valence-electron chi connectivity index (χ3n) is 8.30. The van der Waals surface area contributed by atoms with Crippen LogP contribution in [0.1, 0.15) is 50.5 Å². The molecule has 3 fully saturated rings. The zero-order valence-corrected chi connectivity index (χ0v) is 23.3. The van der Waals surface area contributed by atoms with Crippen LogP contribution in [-0.2, 0) is 4.74 Å². The molecule has 1 aliphatic carbocycles. The highest BCUT2D eigenvalue weighted by atomic mass is 31.2. The van der Waals surface area contributed by atoms with Crippen LogP contribution in [0.15, 0.2) is 75.9 Å². The van der Waals surface area contributed by atoms with Crippen LogP contribution in [0.2, 0.25) is 0 Å². The molecular formula is C31H40FN4OP. The second-order valence-electron chi connectivity index (χ2n) is 10.8. The van der Waals surface area contributed by atoms with Gasteiger partial charge in [0.25, 0.3) is 0 Å². The number of nitrogens with zero attached hydrogens (tertiary/aromatic N) is 4. The second kappa shape index (κ2) is 11.9. The van der Waals surface area contributed by atoms with Crippen molar-refractivity contribution < 1.29 is 9.13 Å². The third kappa shape index (κ3) is 5.29. The van der Waals surface area contributed by atoms with Crippen LogP contribution in [0.25, 0.3) is 6.08 Å². The molecule has 7 heteroatoms. The first-order valence-electron chi connectivity index (χ1n) is 14.5. The maximum Gasteiger partial charge on any atom is 0.130 e. The Morgan fingerprint density at radius 1 is 0.737 bits per heavy atom. The Morgan fingerprint density at radius 3 is 2.00 bits per heavy atom. The number of morpholine rings is 1. The van der Waals surface area contributed by atoms with Crippen LogP contribution in [-0.4, -0.2) is 66.7 Å². The molecule has 0 unspecified atom stereocenters. The summed E-state index contributed by atoms with van der Waals surface area (Å²) in [7, 11) is -2.24. The van der Waals surface area contributed by atoms with Gasteiger partial charge in [0.05, 0.1) is 18.9 Å². The maximum absolute atomic E-state index is 14.0. The standard InChI is InChI=1S/C31H40FN4OP/c32-28-13-15-29(16-14-28)33-38(35-17-4-5-18-35,36-19-6-7-20-36)30-12-8-11-27(25-26-9-2-1-3-10-26)31(30)34-21-23-37-24-22-34/h1-3,9-10,13-16,25H,4-8,11-12,17-24H2. The molecule has 4 aliphatic rings. The summed E-state index contributed by atoms with van der Waals surface area (Å²) in [4.78, 5) is 2.61. The molecule has 6 rings (SSSR count). The summed E-state index contributed by atoms with van der Waals surface area (Å²) in [5.41, 5.74) is 5.04. The Morgan fingerprint density at radius 2 is 1.37 bits per heavy atom. The van der Waals surface area contributed by atoms with Crippen LogP contribution >= 0.6 is 7.36 Å². The lowest BCUT2D eigenvalue weighted by Crippen LogP contribution is -2.39. The molecule has 2 aromatic rings. The van der Waals surface area contributed by atoms with E-state index in [2.05, 4.69) is 50.6 Å². The molecule has 202 valence electrons. The monoisotopic (exact) mass is 534 g/mol. The largest absolute Gasteiger partial charge is 0.378 e. The van der Waals surface area contributed by atoms with E-state index >= 15 is 0 Å². The average molecular weight is 535 g/mol. The van der Waals surface area contributed by atoms with Gasteiger partial charge in [-0.1, -0.05) is 30.3 Å². The van der Waals surface area contributed by atoms with Gasteiger partial charge in [-0.05, 0) is 86.4 Å². The van der Waals surface area contributed by atoms with Crippen molar-refractivity contribution in [1.82, 2.24) is 14.2 Å². The van der Waals surface area contributed by atoms with Gasteiger partial charge >= 0.3 is 0 Å². The molecule has 0 saturated carbocycles. The average Bonchev–Trinajstić information content (AvgIpc) is 3.70. The summed E-state index contributed by atoms with van der Waals surface area (Å²) in [5, 5.41) is 1.54. The third-order valence-corrected chi connectivity index (χ3v) is 12.3. The van der Waals surface area contributed by atoms with Crippen LogP contribution in [0.3, 0.4) is 0 Å². The number of rotatable bonds is 6. The highest BCUT2D eigenvalue weighted by Crippen LogP contribution is 2.69. The number of benzene rings is 2. The van der Waals surface area contributed by atoms with Crippen LogP contribution in [0, 0.1) is 5.82 Å². The number of allylic oxidation sites excluding steroid dienone is 2. The Labute approximate surface area is 227 Å². The molecule has 0 N–H and O–H groups in total. The fraction of sp³-hybridized carbons (Fsp3) is 0.484. The Hall–Kier alpha value is -2.24. The molecule has 3 heterocycles. The van der Waals surface area contributed by atoms with Gasteiger partial charge in [0.15, 0.2) is 0 Å². The second-order valence-corrected chi connectivity index (χ2v) is 13.8. The van der Waals surface area contributed by atoms with Crippen LogP contribution in [0.5, 0.6) is 0 Å². The molecule has 3 aliphatic heterocycles. The number of halogens is 1. The van der Waals surface area contributed by atoms with E-state index in [0.29, 0.717) is 0 Å². The quantitative estimate of drug-likeness (QED) is 0.359. The van der Waals surface area contributed by atoms with Gasteiger partial charge in [-0.2, -0.15) is 0 Å². The van der Waals surface area contributed by atoms with E-state index in [9.17, 15) is 4.39 Å². The van der Waals surface area contributed by atoms with Crippen molar-refractivity contribution in [2.45, 2.75) is 44.9 Å². The van der Waals surface area contributed by atoms with Gasteiger partial charge in [0.2, 0.25) is 0 Å². The molecule has 38 heavy (non-hydrogen) atoms. The van der Waals surface area contributed by atoms with Crippen molar-refractivity contribution >= 4 is 19.1 Å². The minimum Gasteiger partial charge on any atom is -0.378 e. The van der Waals surface area contributed by atoms with Crippen molar-refractivity contribution in [3.05, 3.63) is 82.6 Å². The minimum atomic E-state index is -2.24. The summed E-state index contributed by atoms with van der Waals surface area (Å²) in [6.45, 7) is 7.73. The van der Waals surface area contributed by atoms with Gasteiger partial charge in [-0.25, -0.2) is 9.14 Å². The van der Waals surface area contributed by atoms with Crippen molar-refractivity contribution in [3.8, 4) is 0 Å². The molecule has 0 radical (unpaired) electrons. The minimum absolute atomic E-state index is 0.200. The molecular weight excluding hydrogens is 494 g/mol. The van der Waals surface area contributed by atoms with Gasteiger partial charge in [-0.15, -0.1) is 0 Å². The predicted molar refractivity (Wildman–Crippen MR) is 155 cm³/mol. The first kappa shape index (κ1) is 26.0. The zero-order chi connectivity index (χ0) is 25.8. The molecule has 0 aromatic heterocycles. The number of hydrogen-bond donors (Lipinski definition) is 0. The summed E-state index contributed by atoms with van der Waals surface area (Å²) in [6.07, 6.45) is 10.6. The van der Waals surface area contributed by atoms with E-state index in [1.54, 1.807) is 17.4 Å². The fourth-order valence-corrected chi connectivity index (χ4v) is 11.1. The first-order valence-corrected chi connectivity index (χ1v) is 16.1. The van der Waals surface area contributed by atoms with Gasteiger partial charge in [0.1, 0.15) is 13.2 Å². The summed E-state index contributed by atoms with van der Waals surface area (Å²) >= 11 is 0. The van der Waals surface area contributed by atoms with E-state index in [-0.39, 0.29) is 5.82 Å². The van der Waals surface area contributed by atoms with Crippen molar-refractivity contribution in [3.63, 3.8) is 0 Å². The molecule has 0 amide bonds. The van der Waals surface area contributed by atoms with Gasteiger partial charge in [-0.3, -0.25) is 9.34 Å². The molecule has 3 saturated heterocycles. The number of ether oxygens (including phenoxy) is 1. The van der Waals surface area contributed by atoms with E-state index in [1.807, 2.05) is 12.1 Å². The van der Waals surface area contributed by atoms with Crippen LogP contribution in [0.4, 0.5) is 10.1 Å². The highest BCUT2D eigenvalue weighted by molar-refractivity contribution is 7.66. The Kier molecular flexibility index (Phi) is 8.13. The molecule has 0 spiro atoms. The Balaban J connectivity index is 1.61. The lowest BCUT2D eigenvalue weighted by Gasteiger charge is -2.46. The highest BCUT2D eigenvalue weighted by Gasteiger charge is 2.44. The fourth-order valence-electron chi connectivity index (χ4n) is 6.56. The van der Waals surface area contributed by atoms with Crippen molar-refractivity contribution in [2.24, 2.45) is 4.74 Å². The summed E-state index contributed by atoms with van der Waals surface area (Å²) in [6, 6.07) is 17.7. The van der Waals surface area contributed by atoms with E-state index in [1.165, 1.54) is 42.5 Å². The SMILES string of the molecule is Fc1ccc(N=P(C2=C(N3CCOCC3)C(=Cc3ccccc3)CCC2)(N2CCCC2)N2CCCC2)cc1. The predicted octanol–water partition coefficient (Wildman–Crippen LogP) is 7.49. The van der Waals surface area contributed by atoms with Crippen molar-refractivity contribution in [1.29, 1.82) is 0 Å². The lowest BCUT2D eigenvalue weighted by atomic mass is 9.94. The summed E-state index contributed by atoms with van der Waals surface area (Å²) in [5.74, 6) is -0.200.